The van der Waals surface area contributed by atoms with E-state index in [0.717, 1.165) is 37.2 Å². The summed E-state index contributed by atoms with van der Waals surface area (Å²) in [6, 6.07) is 0.262. The molecule has 1 fully saturated rings. The lowest BCUT2D eigenvalue weighted by atomic mass is 10.1. The second-order valence-corrected chi connectivity index (χ2v) is 7.99. The molecule has 0 bridgehead atoms. The molecule has 3 N–H and O–H groups in total. The fourth-order valence-corrected chi connectivity index (χ4v) is 4.19. The second kappa shape index (κ2) is 10.9. The van der Waals surface area contributed by atoms with Crippen molar-refractivity contribution in [3.05, 3.63) is 48.3 Å². The third kappa shape index (κ3) is 5.53. The first-order valence-corrected chi connectivity index (χ1v) is 10.9. The number of rotatable bonds is 12. The summed E-state index contributed by atoms with van der Waals surface area (Å²) in [6.07, 6.45) is 8.32. The summed E-state index contributed by atoms with van der Waals surface area (Å²) < 4.78 is 5.83. The molecule has 0 radical (unpaired) electrons. The second-order valence-electron chi connectivity index (χ2n) is 7.99. The lowest BCUT2D eigenvalue weighted by Crippen LogP contribution is -2.30. The van der Waals surface area contributed by atoms with Gasteiger partial charge in [0.2, 0.25) is 0 Å². The number of carboxylic acids is 1. The number of hydrogen-bond acceptors (Lipinski definition) is 8. The van der Waals surface area contributed by atoms with Gasteiger partial charge < -0.3 is 25.4 Å². The average Bonchev–Trinajstić information content (AvgIpc) is 3.41. The molecule has 1 aliphatic carbocycles. The summed E-state index contributed by atoms with van der Waals surface area (Å²) in [5.41, 5.74) is 1.78. The van der Waals surface area contributed by atoms with Gasteiger partial charge in [-0.1, -0.05) is 13.2 Å². The minimum Gasteiger partial charge on any atom is -0.478 e. The Morgan fingerprint density at radius 1 is 1.41 bits per heavy atom. The number of aliphatic imine (C=N–C) groups is 1. The Hall–Kier alpha value is -3.20. The SMILES string of the molecule is C=CN(c1ncnc(NC(=C)NCC)c1C)C1CCC(COCC2=C(C(=O)O)CC=N2)C1. The molecule has 9 heteroatoms. The molecule has 1 aliphatic heterocycles. The number of carboxylic acid groups (broad SMARTS) is 1. The molecule has 1 aromatic rings. The van der Waals surface area contributed by atoms with Crippen molar-refractivity contribution >= 4 is 23.8 Å². The fourth-order valence-electron chi connectivity index (χ4n) is 4.19. The number of ether oxygens (including phenoxy) is 1. The Labute approximate surface area is 189 Å². The first-order valence-electron chi connectivity index (χ1n) is 10.9. The molecule has 32 heavy (non-hydrogen) atoms. The van der Waals surface area contributed by atoms with Crippen LogP contribution in [0.2, 0.25) is 0 Å². The predicted octanol–water partition coefficient (Wildman–Crippen LogP) is 3.23. The predicted molar refractivity (Wildman–Crippen MR) is 126 cm³/mol. The Morgan fingerprint density at radius 3 is 2.94 bits per heavy atom. The van der Waals surface area contributed by atoms with Crippen molar-refractivity contribution in [3.8, 4) is 0 Å². The van der Waals surface area contributed by atoms with E-state index in [1.165, 1.54) is 0 Å². The topological polar surface area (TPSA) is 112 Å². The monoisotopic (exact) mass is 440 g/mol. The van der Waals surface area contributed by atoms with Gasteiger partial charge in [-0.05, 0) is 45.2 Å². The fraction of sp³-hybridized carbons (Fsp3) is 0.478. The van der Waals surface area contributed by atoms with Crippen LogP contribution in [0.5, 0.6) is 0 Å². The Kier molecular flexibility index (Phi) is 7.99. The highest BCUT2D eigenvalue weighted by Crippen LogP contribution is 2.34. The first kappa shape index (κ1) is 23.5. The Bertz CT molecular complexity index is 926. The number of aliphatic carboxylic acids is 1. The van der Waals surface area contributed by atoms with Crippen molar-refractivity contribution in [3.63, 3.8) is 0 Å². The summed E-state index contributed by atoms with van der Waals surface area (Å²) in [7, 11) is 0. The van der Waals surface area contributed by atoms with Gasteiger partial charge in [0.1, 0.15) is 18.0 Å². The molecule has 2 atom stereocenters. The van der Waals surface area contributed by atoms with Crippen molar-refractivity contribution in [2.24, 2.45) is 10.9 Å². The largest absolute Gasteiger partial charge is 0.478 e. The van der Waals surface area contributed by atoms with Crippen LogP contribution in [0.25, 0.3) is 0 Å². The third-order valence-corrected chi connectivity index (χ3v) is 5.81. The smallest absolute Gasteiger partial charge is 0.333 e. The number of anilines is 2. The highest BCUT2D eigenvalue weighted by atomic mass is 16.5. The number of hydrogen-bond donors (Lipinski definition) is 3. The van der Waals surface area contributed by atoms with E-state index in [9.17, 15) is 9.90 Å². The molecule has 3 rings (SSSR count). The maximum Gasteiger partial charge on any atom is 0.333 e. The molecular weight excluding hydrogens is 408 g/mol. The molecule has 1 aromatic heterocycles. The normalized spacial score (nSPS) is 19.8. The lowest BCUT2D eigenvalue weighted by Gasteiger charge is -2.28. The van der Waals surface area contributed by atoms with Crippen LogP contribution < -0.4 is 15.5 Å². The van der Waals surface area contributed by atoms with Crippen LogP contribution in [0.15, 0.2) is 47.8 Å². The van der Waals surface area contributed by atoms with Crippen molar-refractivity contribution in [2.45, 2.75) is 45.6 Å². The van der Waals surface area contributed by atoms with E-state index in [0.29, 0.717) is 41.9 Å². The first-order chi connectivity index (χ1) is 15.4. The van der Waals surface area contributed by atoms with Gasteiger partial charge in [-0.3, -0.25) is 4.99 Å². The van der Waals surface area contributed by atoms with Gasteiger partial charge in [0.15, 0.2) is 0 Å². The van der Waals surface area contributed by atoms with Crippen LogP contribution in [0.1, 0.15) is 38.2 Å². The van der Waals surface area contributed by atoms with Gasteiger partial charge in [-0.15, -0.1) is 0 Å². The molecule has 2 aliphatic rings. The molecule has 0 spiro atoms. The van der Waals surface area contributed by atoms with E-state index < -0.39 is 5.97 Å². The maximum absolute atomic E-state index is 11.2. The minimum atomic E-state index is -0.924. The summed E-state index contributed by atoms with van der Waals surface area (Å²) >= 11 is 0. The van der Waals surface area contributed by atoms with Crippen molar-refractivity contribution in [2.75, 3.05) is 30.0 Å². The van der Waals surface area contributed by atoms with Gasteiger partial charge in [0, 0.05) is 37.4 Å². The zero-order valence-corrected chi connectivity index (χ0v) is 18.8. The number of nitrogens with one attached hydrogen (secondary N) is 2. The van der Waals surface area contributed by atoms with Crippen molar-refractivity contribution in [1.29, 1.82) is 0 Å². The summed E-state index contributed by atoms with van der Waals surface area (Å²) in [6.45, 7) is 13.5. The molecule has 2 unspecified atom stereocenters. The number of aromatic nitrogens is 2. The van der Waals surface area contributed by atoms with Crippen molar-refractivity contribution in [1.82, 2.24) is 15.3 Å². The summed E-state index contributed by atoms with van der Waals surface area (Å²) in [5.74, 6) is 1.69. The standard InChI is InChI=1S/C23H32N6O3/c1-5-24-16(4)28-21-15(3)22(27-14-26-21)29(6-2)18-8-7-17(11-18)12-32-13-20-19(23(30)31)9-10-25-20/h6,10,14,17-18,24H,2,4-5,7-9,11-13H2,1,3H3,(H,30,31)(H,26,27,28). The van der Waals surface area contributed by atoms with Gasteiger partial charge in [-0.2, -0.15) is 0 Å². The van der Waals surface area contributed by atoms with Crippen LogP contribution in [0, 0.1) is 12.8 Å². The molecular formula is C23H32N6O3. The molecule has 0 saturated heterocycles. The maximum atomic E-state index is 11.2. The molecule has 9 nitrogen and oxygen atoms in total. The molecule has 172 valence electrons. The Balaban J connectivity index is 1.59. The quantitative estimate of drug-likeness (QED) is 0.454. The van der Waals surface area contributed by atoms with Gasteiger partial charge in [-0.25, -0.2) is 14.8 Å². The van der Waals surface area contributed by atoms with Crippen LogP contribution >= 0.6 is 0 Å². The van der Waals surface area contributed by atoms with Gasteiger partial charge in [0.25, 0.3) is 0 Å². The Morgan fingerprint density at radius 2 is 2.22 bits per heavy atom. The van der Waals surface area contributed by atoms with Crippen LogP contribution in [0.3, 0.4) is 0 Å². The van der Waals surface area contributed by atoms with Crippen LogP contribution in [-0.2, 0) is 9.53 Å². The lowest BCUT2D eigenvalue weighted by molar-refractivity contribution is -0.132. The zero-order valence-electron chi connectivity index (χ0n) is 18.8. The van der Waals surface area contributed by atoms with E-state index >= 15 is 0 Å². The van der Waals surface area contributed by atoms with E-state index in [1.54, 1.807) is 12.5 Å². The minimum absolute atomic E-state index is 0.236. The molecule has 0 aromatic carbocycles. The van der Waals surface area contributed by atoms with E-state index in [-0.39, 0.29) is 12.6 Å². The average molecular weight is 441 g/mol. The van der Waals surface area contributed by atoms with Crippen molar-refractivity contribution < 1.29 is 14.6 Å². The third-order valence-electron chi connectivity index (χ3n) is 5.81. The molecule has 1 saturated carbocycles. The molecule has 0 amide bonds. The summed E-state index contributed by atoms with van der Waals surface area (Å²) in [4.78, 5) is 26.4. The zero-order chi connectivity index (χ0) is 23.1. The summed E-state index contributed by atoms with van der Waals surface area (Å²) in [5, 5.41) is 15.5. The highest BCUT2D eigenvalue weighted by molar-refractivity contribution is 5.93. The number of nitrogens with zero attached hydrogens (tertiary/aromatic N) is 4. The number of carbonyl (C=O) groups is 1. The highest BCUT2D eigenvalue weighted by Gasteiger charge is 2.30. The van der Waals surface area contributed by atoms with Crippen LogP contribution in [-0.4, -0.2) is 53.1 Å². The van der Waals surface area contributed by atoms with Gasteiger partial charge >= 0.3 is 5.97 Å². The van der Waals surface area contributed by atoms with Gasteiger partial charge in [0.05, 0.1) is 23.7 Å². The van der Waals surface area contributed by atoms with E-state index in [2.05, 4.69) is 43.7 Å². The van der Waals surface area contributed by atoms with Crippen LogP contribution in [0.4, 0.5) is 11.6 Å². The van der Waals surface area contributed by atoms with E-state index in [1.807, 2.05) is 20.0 Å². The van der Waals surface area contributed by atoms with E-state index in [4.69, 9.17) is 4.74 Å². The molecule has 2 heterocycles.